The molecule has 220 valence electrons. The number of nitrogens with zero attached hydrogens (tertiary/aromatic N) is 1. The number of thiophene rings is 2. The van der Waals surface area contributed by atoms with Gasteiger partial charge in [-0.2, -0.15) is 0 Å². The van der Waals surface area contributed by atoms with Gasteiger partial charge in [0, 0.05) is 21.2 Å². The predicted molar refractivity (Wildman–Crippen MR) is 167 cm³/mol. The van der Waals surface area contributed by atoms with Gasteiger partial charge in [0.05, 0.1) is 21.0 Å². The van der Waals surface area contributed by atoms with Crippen molar-refractivity contribution in [3.63, 3.8) is 0 Å². The Balaban J connectivity index is 1.28. The summed E-state index contributed by atoms with van der Waals surface area (Å²) in [6.45, 7) is 3.22. The number of esters is 2. The second kappa shape index (κ2) is 12.1. The molecule has 0 atom stereocenters. The Labute approximate surface area is 260 Å². The molecule has 0 unspecified atom stereocenters. The van der Waals surface area contributed by atoms with Gasteiger partial charge in [-0.15, -0.1) is 34.0 Å². The molecule has 2 aliphatic carbocycles. The summed E-state index contributed by atoms with van der Waals surface area (Å²) in [4.78, 5) is 55.7. The number of hydrogen-bond acceptors (Lipinski definition) is 10. The Morgan fingerprint density at radius 2 is 1.21 bits per heavy atom. The van der Waals surface area contributed by atoms with Crippen LogP contribution in [0.2, 0.25) is 4.34 Å². The lowest BCUT2D eigenvalue weighted by Crippen LogP contribution is -2.28. The van der Waals surface area contributed by atoms with Crippen molar-refractivity contribution in [3.8, 4) is 21.4 Å². The summed E-state index contributed by atoms with van der Waals surface area (Å²) in [5, 5.41) is 0.735. The van der Waals surface area contributed by atoms with Crippen molar-refractivity contribution in [1.29, 1.82) is 0 Å². The molecular weight excluding hydrogens is 614 g/mol. The van der Waals surface area contributed by atoms with E-state index in [4.69, 9.17) is 26.1 Å². The highest BCUT2D eigenvalue weighted by Crippen LogP contribution is 2.46. The SMILES string of the molecule is CC(=O)C1CCC(C(=O)Oc2ccc(OC(=O)C3CCC(C(C)=O)CC3)c3sc(-c4cc5sc(Cl)cc5s4)nc23)CC1. The molecule has 0 radical (unpaired) electrons. The second-order valence-electron chi connectivity index (χ2n) is 11.3. The van der Waals surface area contributed by atoms with Crippen molar-refractivity contribution in [3.05, 3.63) is 28.6 Å². The van der Waals surface area contributed by atoms with E-state index in [1.807, 2.05) is 12.1 Å². The third-order valence-corrected chi connectivity index (χ3v) is 12.2. The minimum absolute atomic E-state index is 0.0173. The standard InChI is InChI=1S/C31H30ClNO6S3/c1-15(34)17-3-7-19(8-4-17)30(36)38-21-11-12-22(39-31(37)20-9-5-18(6-10-20)16(2)35)28-27(21)33-29(42-28)25-13-23-24(40-25)14-26(32)41-23/h11-14,17-20H,3-10H2,1-2H3. The van der Waals surface area contributed by atoms with Crippen LogP contribution in [0.15, 0.2) is 24.3 Å². The molecule has 7 nitrogen and oxygen atoms in total. The van der Waals surface area contributed by atoms with Crippen molar-refractivity contribution in [2.75, 3.05) is 0 Å². The Hall–Kier alpha value is -2.66. The van der Waals surface area contributed by atoms with Gasteiger partial charge in [-0.3, -0.25) is 19.2 Å². The second-order valence-corrected chi connectivity index (χ2v) is 15.1. The van der Waals surface area contributed by atoms with Crippen LogP contribution in [0.5, 0.6) is 11.5 Å². The van der Waals surface area contributed by atoms with Gasteiger partial charge < -0.3 is 9.47 Å². The highest BCUT2D eigenvalue weighted by atomic mass is 35.5. The number of ether oxygens (including phenoxy) is 2. The van der Waals surface area contributed by atoms with Crippen LogP contribution in [0.4, 0.5) is 0 Å². The average molecular weight is 644 g/mol. The number of Topliss-reactive ketones (excluding diaryl/α,β-unsaturated/α-hetero) is 2. The Morgan fingerprint density at radius 3 is 1.76 bits per heavy atom. The highest BCUT2D eigenvalue weighted by Gasteiger charge is 2.32. The lowest BCUT2D eigenvalue weighted by molar-refractivity contribution is -0.141. The number of fused-ring (bicyclic) bond motifs is 2. The largest absolute Gasteiger partial charge is 0.425 e. The molecule has 3 aromatic heterocycles. The van der Waals surface area contributed by atoms with Crippen LogP contribution < -0.4 is 9.47 Å². The van der Waals surface area contributed by atoms with Crippen LogP contribution in [0.3, 0.4) is 0 Å². The molecule has 0 saturated heterocycles. The third-order valence-electron chi connectivity index (χ3n) is 8.55. The van der Waals surface area contributed by atoms with Crippen molar-refractivity contribution in [2.24, 2.45) is 23.7 Å². The number of rotatable bonds is 7. The van der Waals surface area contributed by atoms with E-state index in [1.54, 1.807) is 37.3 Å². The van der Waals surface area contributed by atoms with Crippen LogP contribution in [0.25, 0.3) is 29.5 Å². The normalized spacial score (nSPS) is 22.7. The van der Waals surface area contributed by atoms with Crippen molar-refractivity contribution in [2.45, 2.75) is 65.2 Å². The fourth-order valence-electron chi connectivity index (χ4n) is 5.99. The maximum absolute atomic E-state index is 13.2. The van der Waals surface area contributed by atoms with Gasteiger partial charge in [0.2, 0.25) is 0 Å². The highest BCUT2D eigenvalue weighted by molar-refractivity contribution is 7.33. The van der Waals surface area contributed by atoms with E-state index < -0.39 is 0 Å². The van der Waals surface area contributed by atoms with Crippen LogP contribution in [-0.2, 0) is 19.2 Å². The predicted octanol–water partition coefficient (Wildman–Crippen LogP) is 8.49. The van der Waals surface area contributed by atoms with Gasteiger partial charge >= 0.3 is 11.9 Å². The zero-order valence-corrected chi connectivity index (χ0v) is 26.5. The minimum atomic E-state index is -0.328. The number of carbonyl (C=O) groups is 4. The number of hydrogen-bond donors (Lipinski definition) is 0. The number of ketones is 2. The van der Waals surface area contributed by atoms with Crippen LogP contribution in [0.1, 0.15) is 65.2 Å². The van der Waals surface area contributed by atoms with Crippen LogP contribution in [-0.4, -0.2) is 28.5 Å². The van der Waals surface area contributed by atoms with Gasteiger partial charge in [-0.1, -0.05) is 11.6 Å². The molecule has 0 aliphatic heterocycles. The molecule has 2 saturated carbocycles. The number of benzene rings is 1. The smallest absolute Gasteiger partial charge is 0.314 e. The van der Waals surface area contributed by atoms with E-state index >= 15 is 0 Å². The first-order valence-electron chi connectivity index (χ1n) is 14.2. The van der Waals surface area contributed by atoms with E-state index in [2.05, 4.69) is 0 Å². The summed E-state index contributed by atoms with van der Waals surface area (Å²) in [5.41, 5.74) is 0.473. The molecule has 6 rings (SSSR count). The Kier molecular flexibility index (Phi) is 8.51. The number of carbonyl (C=O) groups excluding carboxylic acids is 4. The summed E-state index contributed by atoms with van der Waals surface area (Å²) in [6, 6.07) is 7.30. The van der Waals surface area contributed by atoms with Crippen LogP contribution >= 0.6 is 45.6 Å². The summed E-state index contributed by atoms with van der Waals surface area (Å²) < 4.78 is 15.4. The first-order valence-corrected chi connectivity index (χ1v) is 17.1. The first kappa shape index (κ1) is 29.4. The molecule has 11 heteroatoms. The maximum atomic E-state index is 13.2. The molecule has 1 aromatic carbocycles. The quantitative estimate of drug-likeness (QED) is 0.147. The molecule has 0 bridgehead atoms. The topological polar surface area (TPSA) is 99.6 Å². The van der Waals surface area contributed by atoms with E-state index in [0.717, 1.165) is 23.6 Å². The van der Waals surface area contributed by atoms with Gasteiger partial charge in [0.15, 0.2) is 11.5 Å². The number of aromatic nitrogens is 1. The van der Waals surface area contributed by atoms with E-state index in [9.17, 15) is 19.2 Å². The monoisotopic (exact) mass is 643 g/mol. The molecule has 3 heterocycles. The summed E-state index contributed by atoms with van der Waals surface area (Å²) in [7, 11) is 0. The lowest BCUT2D eigenvalue weighted by Gasteiger charge is -2.25. The molecule has 0 spiro atoms. The van der Waals surface area contributed by atoms with E-state index in [-0.39, 0.29) is 47.2 Å². The average Bonchev–Trinajstić information content (AvgIpc) is 3.68. The summed E-state index contributed by atoms with van der Waals surface area (Å²) in [5.74, 6) is -0.0812. The molecule has 42 heavy (non-hydrogen) atoms. The first-order chi connectivity index (χ1) is 20.2. The summed E-state index contributed by atoms with van der Waals surface area (Å²) in [6.07, 6.45) is 5.24. The number of halogens is 1. The molecule has 0 N–H and O–H groups in total. The third kappa shape index (κ3) is 6.04. The zero-order valence-electron chi connectivity index (χ0n) is 23.3. The molecule has 2 aliphatic rings. The van der Waals surface area contributed by atoms with Gasteiger partial charge in [-0.05, 0) is 89.5 Å². The Morgan fingerprint density at radius 1 is 0.714 bits per heavy atom. The van der Waals surface area contributed by atoms with E-state index in [0.29, 0.717) is 73.1 Å². The fourth-order valence-corrected chi connectivity index (χ4v) is 9.62. The minimum Gasteiger partial charge on any atom is -0.425 e. The van der Waals surface area contributed by atoms with Gasteiger partial charge in [0.1, 0.15) is 26.8 Å². The maximum Gasteiger partial charge on any atom is 0.314 e. The molecular formula is C31H30ClNO6S3. The molecule has 2 fully saturated rings. The van der Waals surface area contributed by atoms with E-state index in [1.165, 1.54) is 22.7 Å². The zero-order chi connectivity index (χ0) is 29.5. The van der Waals surface area contributed by atoms with Crippen molar-refractivity contribution < 1.29 is 28.7 Å². The van der Waals surface area contributed by atoms with Crippen molar-refractivity contribution in [1.82, 2.24) is 4.98 Å². The molecule has 4 aromatic rings. The summed E-state index contributed by atoms with van der Waals surface area (Å²) >= 11 is 10.7. The van der Waals surface area contributed by atoms with Crippen LogP contribution in [0, 0.1) is 23.7 Å². The number of thiazole rings is 1. The van der Waals surface area contributed by atoms with Crippen molar-refractivity contribution >= 4 is 88.7 Å². The van der Waals surface area contributed by atoms with Gasteiger partial charge in [-0.25, -0.2) is 4.98 Å². The molecule has 0 amide bonds. The fraction of sp³-hybridized carbons (Fsp3) is 0.452. The lowest BCUT2D eigenvalue weighted by atomic mass is 9.80. The van der Waals surface area contributed by atoms with Gasteiger partial charge in [0.25, 0.3) is 0 Å². The Bertz CT molecular complexity index is 1570.